The van der Waals surface area contributed by atoms with Crippen molar-refractivity contribution in [2.45, 2.75) is 39.5 Å². The Labute approximate surface area is 74.3 Å². The second-order valence-electron chi connectivity index (χ2n) is 2.45. The van der Waals surface area contributed by atoms with Gasteiger partial charge in [-0.05, 0) is 12.8 Å². The first kappa shape index (κ1) is 12.8. The van der Waals surface area contributed by atoms with Gasteiger partial charge < -0.3 is 4.79 Å². The van der Waals surface area contributed by atoms with Crippen LogP contribution in [0.2, 0.25) is 0 Å². The van der Waals surface area contributed by atoms with E-state index in [9.17, 15) is 4.79 Å². The third kappa shape index (κ3) is 6.32. The van der Waals surface area contributed by atoms with Gasteiger partial charge in [0.25, 0.3) is 0 Å². The largest absolute Gasteiger partial charge is 0.303 e. The minimum atomic E-state index is 0. The molecule has 0 fully saturated rings. The number of aldehydes is 1. The van der Waals surface area contributed by atoms with Crippen molar-refractivity contribution < 1.29 is 4.79 Å². The van der Waals surface area contributed by atoms with Crippen molar-refractivity contribution in [3.63, 3.8) is 0 Å². The molecule has 1 nitrogen and oxygen atoms in total. The Morgan fingerprint density at radius 1 is 1.40 bits per heavy atom. The molecular weight excluding hydrogens is 139 g/mol. The number of hydrogen-bond donors (Lipinski definition) is 0. The van der Waals surface area contributed by atoms with E-state index in [0.717, 1.165) is 19.1 Å². The second kappa shape index (κ2) is 9.20. The summed E-state index contributed by atoms with van der Waals surface area (Å²) in [5.74, 6) is 0.324. The van der Waals surface area contributed by atoms with Crippen molar-refractivity contribution in [2.75, 3.05) is 0 Å². The summed E-state index contributed by atoms with van der Waals surface area (Å²) in [6.45, 7) is 4.21. The van der Waals surface area contributed by atoms with Gasteiger partial charge in [0.05, 0.1) is 0 Å². The molecule has 0 heterocycles. The maximum Gasteiger partial charge on any atom is 0.187 e. The Balaban J connectivity index is 0. The van der Waals surface area contributed by atoms with Crippen LogP contribution in [0, 0.1) is 5.92 Å². The number of rotatable bonds is 5. The summed E-state index contributed by atoms with van der Waals surface area (Å²) in [4.78, 5) is 10.2. The van der Waals surface area contributed by atoms with Crippen LogP contribution in [0.3, 0.4) is 0 Å². The number of hydrogen-bond acceptors (Lipinski definition) is 1. The fraction of sp³-hybridized carbons (Fsp3) is 0.875. The molecule has 60 valence electrons. The normalized spacial score (nSPS) is 11.8. The Hall–Kier alpha value is 0.202. The van der Waals surface area contributed by atoms with E-state index in [1.807, 2.05) is 0 Å². The molecule has 10 heavy (non-hydrogen) atoms. The lowest BCUT2D eigenvalue weighted by Gasteiger charge is -2.03. The topological polar surface area (TPSA) is 17.1 Å². The summed E-state index contributed by atoms with van der Waals surface area (Å²) in [6.07, 6.45) is 5.55. The zero-order chi connectivity index (χ0) is 7.11. The third-order valence-corrected chi connectivity index (χ3v) is 1.65. The Morgan fingerprint density at radius 2 is 2.00 bits per heavy atom. The van der Waals surface area contributed by atoms with E-state index >= 15 is 0 Å². The molecule has 0 aliphatic carbocycles. The van der Waals surface area contributed by atoms with E-state index in [1.165, 1.54) is 12.8 Å². The summed E-state index contributed by atoms with van der Waals surface area (Å²) in [5.41, 5.74) is 0. The molecule has 0 saturated carbocycles. The predicted molar refractivity (Wildman–Crippen MR) is 49.3 cm³/mol. The van der Waals surface area contributed by atoms with E-state index in [1.54, 1.807) is 0 Å². The van der Waals surface area contributed by atoms with Gasteiger partial charge in [-0.2, -0.15) is 0 Å². The van der Waals surface area contributed by atoms with Crippen LogP contribution in [-0.4, -0.2) is 23.6 Å². The lowest BCUT2D eigenvalue weighted by atomic mass is 10.0. The summed E-state index contributed by atoms with van der Waals surface area (Å²) < 4.78 is 0. The highest BCUT2D eigenvalue weighted by Gasteiger charge is 2.01. The highest BCUT2D eigenvalue weighted by molar-refractivity contribution is 5.75. The summed E-state index contributed by atoms with van der Waals surface area (Å²) in [7, 11) is 0. The molecule has 2 heteroatoms. The molecule has 0 aliphatic heterocycles. The third-order valence-electron chi connectivity index (χ3n) is 1.65. The van der Waals surface area contributed by atoms with Crippen LogP contribution < -0.4 is 0 Å². The van der Waals surface area contributed by atoms with Crippen LogP contribution in [0.1, 0.15) is 39.5 Å². The summed E-state index contributed by atoms with van der Waals surface area (Å²) >= 11 is 0. The van der Waals surface area contributed by atoms with Crippen molar-refractivity contribution in [2.24, 2.45) is 5.92 Å². The van der Waals surface area contributed by atoms with Crippen molar-refractivity contribution >= 4 is 23.6 Å². The van der Waals surface area contributed by atoms with E-state index in [2.05, 4.69) is 13.8 Å². The standard InChI is InChI=1S/C8H16O.Al.3H/c1-3-5-6-8(4-2)7-9;;;;/h7-8H,3-6H2,1-2H3;;;;. The molecule has 0 bridgehead atoms. The monoisotopic (exact) mass is 158 g/mol. The molecule has 0 amide bonds. The summed E-state index contributed by atoms with van der Waals surface area (Å²) in [5, 5.41) is 0. The molecule has 0 aromatic rings. The number of unbranched alkanes of at least 4 members (excludes halogenated alkanes) is 1. The average molecular weight is 158 g/mol. The molecule has 0 aliphatic rings. The smallest absolute Gasteiger partial charge is 0.187 e. The van der Waals surface area contributed by atoms with Crippen LogP contribution in [0.25, 0.3) is 0 Å². The first-order valence-corrected chi connectivity index (χ1v) is 3.80. The maximum absolute atomic E-state index is 10.2. The van der Waals surface area contributed by atoms with Gasteiger partial charge in [-0.3, -0.25) is 0 Å². The molecule has 1 unspecified atom stereocenters. The molecular formula is C8H19AlO. The fourth-order valence-corrected chi connectivity index (χ4v) is 0.835. The fourth-order valence-electron chi connectivity index (χ4n) is 0.835. The highest BCUT2D eigenvalue weighted by atomic mass is 27.0. The van der Waals surface area contributed by atoms with Crippen molar-refractivity contribution in [1.29, 1.82) is 0 Å². The Morgan fingerprint density at radius 3 is 2.30 bits per heavy atom. The Kier molecular flexibility index (Phi) is 11.8. The predicted octanol–water partition coefficient (Wildman–Crippen LogP) is 1.22. The van der Waals surface area contributed by atoms with Crippen LogP contribution in [-0.2, 0) is 4.79 Å². The van der Waals surface area contributed by atoms with Crippen molar-refractivity contribution in [3.05, 3.63) is 0 Å². The van der Waals surface area contributed by atoms with Gasteiger partial charge in [-0.15, -0.1) is 0 Å². The van der Waals surface area contributed by atoms with Crippen LogP contribution in [0.15, 0.2) is 0 Å². The molecule has 0 N–H and O–H groups in total. The van der Waals surface area contributed by atoms with Crippen molar-refractivity contribution in [3.8, 4) is 0 Å². The first-order valence-electron chi connectivity index (χ1n) is 3.80. The lowest BCUT2D eigenvalue weighted by molar-refractivity contribution is -0.111. The van der Waals surface area contributed by atoms with Gasteiger partial charge in [0.1, 0.15) is 6.29 Å². The summed E-state index contributed by atoms with van der Waals surface area (Å²) in [6, 6.07) is 0. The SMILES string of the molecule is CCCCC(C=O)CC.[AlH3]. The molecule has 0 aromatic heterocycles. The minimum Gasteiger partial charge on any atom is -0.303 e. The molecule has 0 spiro atoms. The molecule has 0 radical (unpaired) electrons. The highest BCUT2D eigenvalue weighted by Crippen LogP contribution is 2.08. The maximum atomic E-state index is 10.2. The van der Waals surface area contributed by atoms with E-state index in [0.29, 0.717) is 5.92 Å². The Bertz CT molecular complexity index is 73.7. The molecule has 1 atom stereocenters. The van der Waals surface area contributed by atoms with Crippen LogP contribution in [0.5, 0.6) is 0 Å². The van der Waals surface area contributed by atoms with Gasteiger partial charge in [-0.25, -0.2) is 0 Å². The number of carbonyl (C=O) groups is 1. The van der Waals surface area contributed by atoms with Gasteiger partial charge >= 0.3 is 0 Å². The minimum absolute atomic E-state index is 0. The van der Waals surface area contributed by atoms with Gasteiger partial charge in [-0.1, -0.05) is 26.7 Å². The van der Waals surface area contributed by atoms with Crippen molar-refractivity contribution in [1.82, 2.24) is 0 Å². The van der Waals surface area contributed by atoms with E-state index in [4.69, 9.17) is 0 Å². The van der Waals surface area contributed by atoms with Gasteiger partial charge in [0, 0.05) is 5.92 Å². The van der Waals surface area contributed by atoms with E-state index < -0.39 is 0 Å². The van der Waals surface area contributed by atoms with Crippen LogP contribution >= 0.6 is 0 Å². The van der Waals surface area contributed by atoms with E-state index in [-0.39, 0.29) is 17.4 Å². The quantitative estimate of drug-likeness (QED) is 0.434. The van der Waals surface area contributed by atoms with Gasteiger partial charge in [0.2, 0.25) is 0 Å². The lowest BCUT2D eigenvalue weighted by Crippen LogP contribution is -1.98. The number of carbonyl (C=O) groups excluding carboxylic acids is 1. The zero-order valence-electron chi connectivity index (χ0n) is 6.39. The van der Waals surface area contributed by atoms with Crippen LogP contribution in [0.4, 0.5) is 0 Å². The molecule has 0 rings (SSSR count). The zero-order valence-corrected chi connectivity index (χ0v) is 6.39. The van der Waals surface area contributed by atoms with Gasteiger partial charge in [0.15, 0.2) is 17.4 Å². The second-order valence-corrected chi connectivity index (χ2v) is 2.45. The average Bonchev–Trinajstić information content (AvgIpc) is 1.91. The molecule has 0 aromatic carbocycles. The first-order chi connectivity index (χ1) is 4.35. The molecule has 0 saturated heterocycles.